The quantitative estimate of drug-likeness (QED) is 0.148. The summed E-state index contributed by atoms with van der Waals surface area (Å²) in [5.74, 6) is 0. The zero-order chi connectivity index (χ0) is 29.6. The van der Waals surface area contributed by atoms with Gasteiger partial charge in [-0.15, -0.1) is 0 Å². The third-order valence-corrected chi connectivity index (χ3v) is 9.00. The summed E-state index contributed by atoms with van der Waals surface area (Å²) in [7, 11) is 0. The molecule has 0 heteroatoms. The Labute approximate surface area is 258 Å². The Hall–Kier alpha value is -5.46. The van der Waals surface area contributed by atoms with Gasteiger partial charge in [-0.1, -0.05) is 121 Å². The van der Waals surface area contributed by atoms with Gasteiger partial charge in [-0.05, 0) is 138 Å². The number of rotatable bonds is 4. The first kappa shape index (κ1) is 26.2. The molecular formula is C44H32. The summed E-state index contributed by atoms with van der Waals surface area (Å²) in [5, 5.41) is 10.2. The van der Waals surface area contributed by atoms with Gasteiger partial charge in [0.25, 0.3) is 0 Å². The van der Waals surface area contributed by atoms with Crippen molar-refractivity contribution in [1.82, 2.24) is 0 Å². The normalized spacial score (nSPS) is 11.8. The lowest BCUT2D eigenvalue weighted by atomic mass is 9.94. The second-order valence-electron chi connectivity index (χ2n) is 12.0. The molecule has 0 aliphatic heterocycles. The summed E-state index contributed by atoms with van der Waals surface area (Å²) in [4.78, 5) is 0. The summed E-state index contributed by atoms with van der Waals surface area (Å²) in [6, 6.07) is 53.5. The number of hydrogen-bond donors (Lipinski definition) is 0. The van der Waals surface area contributed by atoms with E-state index in [9.17, 15) is 0 Å². The minimum Gasteiger partial charge on any atom is -0.0616 e. The van der Waals surface area contributed by atoms with E-state index in [1.54, 1.807) is 0 Å². The van der Waals surface area contributed by atoms with Crippen molar-refractivity contribution >= 4 is 55.2 Å². The van der Waals surface area contributed by atoms with Crippen molar-refractivity contribution < 1.29 is 0 Å². The molecule has 44 heavy (non-hydrogen) atoms. The van der Waals surface area contributed by atoms with Crippen molar-refractivity contribution in [1.29, 1.82) is 0 Å². The number of benzene rings is 8. The predicted octanol–water partition coefficient (Wildman–Crippen LogP) is 12.4. The van der Waals surface area contributed by atoms with Crippen LogP contribution in [0.25, 0.3) is 77.5 Å². The first-order valence-corrected chi connectivity index (χ1v) is 15.3. The Morgan fingerprint density at radius 2 is 0.682 bits per heavy atom. The topological polar surface area (TPSA) is 0 Å². The lowest BCUT2D eigenvalue weighted by molar-refractivity contribution is 1.44. The molecule has 0 aliphatic rings. The van der Waals surface area contributed by atoms with Crippen molar-refractivity contribution in [3.63, 3.8) is 0 Å². The van der Waals surface area contributed by atoms with E-state index in [1.165, 1.54) is 87.6 Å². The Kier molecular flexibility index (Phi) is 6.35. The van der Waals surface area contributed by atoms with Crippen LogP contribution in [0.15, 0.2) is 146 Å². The highest BCUT2D eigenvalue weighted by Gasteiger charge is 2.07. The molecule has 0 aliphatic carbocycles. The number of fused-ring (bicyclic) bond motifs is 4. The molecular weight excluding hydrogens is 528 g/mol. The van der Waals surface area contributed by atoms with Gasteiger partial charge in [0, 0.05) is 0 Å². The van der Waals surface area contributed by atoms with Gasteiger partial charge >= 0.3 is 0 Å². The first-order valence-electron chi connectivity index (χ1n) is 15.3. The fourth-order valence-electron chi connectivity index (χ4n) is 6.64. The van der Waals surface area contributed by atoms with Crippen LogP contribution in [0.1, 0.15) is 22.3 Å². The van der Waals surface area contributed by atoms with Gasteiger partial charge in [-0.3, -0.25) is 0 Å². The fourth-order valence-corrected chi connectivity index (χ4v) is 6.64. The highest BCUT2D eigenvalue weighted by Crippen LogP contribution is 2.32. The van der Waals surface area contributed by atoms with Gasteiger partial charge in [0.05, 0.1) is 0 Å². The largest absolute Gasteiger partial charge is 0.0616 e. The van der Waals surface area contributed by atoms with Crippen molar-refractivity contribution in [2.45, 2.75) is 13.8 Å². The van der Waals surface area contributed by atoms with Gasteiger partial charge in [0.15, 0.2) is 0 Å². The summed E-state index contributed by atoms with van der Waals surface area (Å²) < 4.78 is 0. The van der Waals surface area contributed by atoms with Gasteiger partial charge in [-0.2, -0.15) is 0 Å². The average Bonchev–Trinajstić information content (AvgIpc) is 3.05. The van der Waals surface area contributed by atoms with Crippen molar-refractivity contribution in [3.8, 4) is 22.3 Å². The number of aryl methyl sites for hydroxylation is 2. The van der Waals surface area contributed by atoms with E-state index in [1.807, 2.05) is 0 Å². The smallest absolute Gasteiger partial charge is 0.0154 e. The molecule has 0 aromatic heterocycles. The van der Waals surface area contributed by atoms with Crippen molar-refractivity contribution in [3.05, 3.63) is 168 Å². The minimum atomic E-state index is 1.21. The molecule has 0 bridgehead atoms. The van der Waals surface area contributed by atoms with Crippen LogP contribution < -0.4 is 0 Å². The molecule has 0 nitrogen and oxygen atoms in total. The predicted molar refractivity (Wildman–Crippen MR) is 192 cm³/mol. The maximum Gasteiger partial charge on any atom is -0.0154 e. The van der Waals surface area contributed by atoms with Crippen LogP contribution >= 0.6 is 0 Å². The molecule has 0 heterocycles. The molecule has 8 rings (SSSR count). The van der Waals surface area contributed by atoms with Crippen LogP contribution in [0.2, 0.25) is 0 Å². The van der Waals surface area contributed by atoms with Crippen molar-refractivity contribution in [2.24, 2.45) is 0 Å². The molecule has 0 spiro atoms. The molecule has 0 amide bonds. The summed E-state index contributed by atoms with van der Waals surface area (Å²) in [6.07, 6.45) is 4.44. The molecule has 0 atom stereocenters. The Morgan fingerprint density at radius 1 is 0.318 bits per heavy atom. The minimum absolute atomic E-state index is 1.21. The van der Waals surface area contributed by atoms with E-state index < -0.39 is 0 Å². The number of hydrogen-bond acceptors (Lipinski definition) is 0. The maximum absolute atomic E-state index is 2.32. The average molecular weight is 561 g/mol. The van der Waals surface area contributed by atoms with E-state index in [4.69, 9.17) is 0 Å². The lowest BCUT2D eigenvalue weighted by Gasteiger charge is -2.10. The summed E-state index contributed by atoms with van der Waals surface area (Å²) in [6.45, 7) is 4.42. The van der Waals surface area contributed by atoms with Gasteiger partial charge in [0.1, 0.15) is 0 Å². The van der Waals surface area contributed by atoms with Crippen LogP contribution in [0.5, 0.6) is 0 Å². The molecule has 0 radical (unpaired) electrons. The van der Waals surface area contributed by atoms with Gasteiger partial charge in [-0.25, -0.2) is 0 Å². The Morgan fingerprint density at radius 3 is 1.07 bits per heavy atom. The monoisotopic (exact) mass is 560 g/mol. The second kappa shape index (κ2) is 10.7. The van der Waals surface area contributed by atoms with Crippen LogP contribution in [0.3, 0.4) is 0 Å². The third kappa shape index (κ3) is 4.85. The van der Waals surface area contributed by atoms with E-state index in [0.717, 1.165) is 0 Å². The maximum atomic E-state index is 2.32. The van der Waals surface area contributed by atoms with E-state index in [-0.39, 0.29) is 0 Å². The molecule has 8 aromatic rings. The summed E-state index contributed by atoms with van der Waals surface area (Å²) in [5.41, 5.74) is 10.1. The first-order chi connectivity index (χ1) is 21.6. The Balaban J connectivity index is 1.04. The lowest BCUT2D eigenvalue weighted by Crippen LogP contribution is -1.87. The zero-order valence-electron chi connectivity index (χ0n) is 25.0. The Bertz CT molecular complexity index is 2230. The van der Waals surface area contributed by atoms with Crippen LogP contribution in [0.4, 0.5) is 0 Å². The molecule has 8 aromatic carbocycles. The van der Waals surface area contributed by atoms with E-state index in [2.05, 4.69) is 172 Å². The standard InChI is InChI=1S/C44H32/c1-29-21-31(13-19-43(29)39-17-15-37-23-33-7-3-5-9-35(33)25-41(37)27-39)11-12-32-14-20-44(30(2)22-32)40-18-16-38-24-34-8-4-6-10-36(34)26-42(38)28-40/h3-28H,1-2H3/b12-11+. The molecule has 0 N–H and O–H groups in total. The van der Waals surface area contributed by atoms with Gasteiger partial charge < -0.3 is 0 Å². The highest BCUT2D eigenvalue weighted by atomic mass is 14.1. The zero-order valence-corrected chi connectivity index (χ0v) is 25.0. The molecule has 208 valence electrons. The fraction of sp³-hybridized carbons (Fsp3) is 0.0455. The second-order valence-corrected chi connectivity index (χ2v) is 12.0. The van der Waals surface area contributed by atoms with E-state index >= 15 is 0 Å². The van der Waals surface area contributed by atoms with Crippen LogP contribution in [-0.2, 0) is 0 Å². The van der Waals surface area contributed by atoms with Crippen molar-refractivity contribution in [2.75, 3.05) is 0 Å². The highest BCUT2D eigenvalue weighted by molar-refractivity contribution is 6.01. The summed E-state index contributed by atoms with van der Waals surface area (Å²) >= 11 is 0. The molecule has 0 unspecified atom stereocenters. The SMILES string of the molecule is Cc1cc(/C=C/c2ccc(-c3ccc4cc5ccccc5cc4c3)c(C)c2)ccc1-c1ccc2cc3ccccc3cc2c1. The molecule has 0 fully saturated rings. The molecule has 0 saturated heterocycles. The van der Waals surface area contributed by atoms with Crippen LogP contribution in [0, 0.1) is 13.8 Å². The third-order valence-electron chi connectivity index (χ3n) is 9.00. The van der Waals surface area contributed by atoms with E-state index in [0.29, 0.717) is 0 Å². The van der Waals surface area contributed by atoms with Crippen LogP contribution in [-0.4, -0.2) is 0 Å². The molecule has 0 saturated carbocycles. The van der Waals surface area contributed by atoms with Gasteiger partial charge in [0.2, 0.25) is 0 Å².